The zero-order chi connectivity index (χ0) is 15.7. The van der Waals surface area contributed by atoms with Crippen LogP contribution in [0.15, 0.2) is 29.2 Å². The fourth-order valence-corrected chi connectivity index (χ4v) is 3.54. The van der Waals surface area contributed by atoms with E-state index in [1.165, 1.54) is 0 Å². The van der Waals surface area contributed by atoms with Crippen molar-refractivity contribution in [3.63, 3.8) is 0 Å². The van der Waals surface area contributed by atoms with E-state index >= 15 is 0 Å². The number of nitrogens with two attached hydrogens (primary N) is 1. The van der Waals surface area contributed by atoms with Crippen molar-refractivity contribution in [1.29, 1.82) is 0 Å². The first kappa shape index (κ1) is 16.2. The second-order valence-corrected chi connectivity index (χ2v) is 6.56. The van der Waals surface area contributed by atoms with E-state index in [2.05, 4.69) is 0 Å². The summed E-state index contributed by atoms with van der Waals surface area (Å²) in [6, 6.07) is 3.71. The van der Waals surface area contributed by atoms with E-state index < -0.39 is 27.9 Å². The van der Waals surface area contributed by atoms with Crippen LogP contribution in [0.25, 0.3) is 0 Å². The molecule has 0 amide bonds. The summed E-state index contributed by atoms with van der Waals surface area (Å²) >= 11 is 0. The summed E-state index contributed by atoms with van der Waals surface area (Å²) in [5, 5.41) is 0. The molecule has 1 aromatic rings. The molecule has 0 aliphatic carbocycles. The Bertz CT molecular complexity index is 604. The van der Waals surface area contributed by atoms with E-state index in [0.717, 1.165) is 22.5 Å². The molecule has 0 aromatic heterocycles. The smallest absolute Gasteiger partial charge is 0.374 e. The van der Waals surface area contributed by atoms with Crippen molar-refractivity contribution in [2.24, 2.45) is 5.73 Å². The number of halogens is 3. The van der Waals surface area contributed by atoms with Crippen LogP contribution >= 0.6 is 0 Å². The number of sulfonamides is 1. The molecule has 0 bridgehead atoms. The Morgan fingerprint density at radius 3 is 2.71 bits per heavy atom. The summed E-state index contributed by atoms with van der Waals surface area (Å²) < 4.78 is 69.1. The van der Waals surface area contributed by atoms with Gasteiger partial charge < -0.3 is 10.5 Å². The highest BCUT2D eigenvalue weighted by molar-refractivity contribution is 7.89. The Morgan fingerprint density at radius 1 is 1.38 bits per heavy atom. The summed E-state index contributed by atoms with van der Waals surface area (Å²) in [4.78, 5) is -0.380. The van der Waals surface area contributed by atoms with Crippen LogP contribution in [0, 0.1) is 0 Å². The summed E-state index contributed by atoms with van der Waals surface area (Å²) in [7, 11) is -3.99. The van der Waals surface area contributed by atoms with Crippen LogP contribution in [0.4, 0.5) is 13.2 Å². The minimum absolute atomic E-state index is 0.0368. The van der Waals surface area contributed by atoms with Crippen LogP contribution in [-0.4, -0.2) is 45.1 Å². The van der Waals surface area contributed by atoms with E-state index in [0.29, 0.717) is 6.07 Å². The largest absolute Gasteiger partial charge is 0.416 e. The number of rotatable bonds is 3. The highest BCUT2D eigenvalue weighted by atomic mass is 32.2. The highest BCUT2D eigenvalue weighted by Gasteiger charge is 2.34. The zero-order valence-electron chi connectivity index (χ0n) is 11.0. The molecule has 1 aliphatic rings. The van der Waals surface area contributed by atoms with Gasteiger partial charge in [-0.05, 0) is 18.2 Å². The van der Waals surface area contributed by atoms with Gasteiger partial charge in [-0.15, -0.1) is 0 Å². The number of hydrogen-bond acceptors (Lipinski definition) is 4. The van der Waals surface area contributed by atoms with Crippen LogP contribution in [-0.2, 0) is 20.9 Å². The maximum absolute atomic E-state index is 12.7. The third kappa shape index (κ3) is 3.54. The van der Waals surface area contributed by atoms with Crippen molar-refractivity contribution in [1.82, 2.24) is 4.31 Å². The van der Waals surface area contributed by atoms with Gasteiger partial charge in [-0.25, -0.2) is 8.42 Å². The third-order valence-corrected chi connectivity index (χ3v) is 5.02. The number of ether oxygens (including phenoxy) is 1. The number of alkyl halides is 3. The zero-order valence-corrected chi connectivity index (χ0v) is 11.8. The van der Waals surface area contributed by atoms with Crippen LogP contribution in [0.5, 0.6) is 0 Å². The van der Waals surface area contributed by atoms with Crippen molar-refractivity contribution >= 4 is 10.0 Å². The fraction of sp³-hybridized carbons (Fsp3) is 0.500. The Balaban J connectivity index is 2.31. The van der Waals surface area contributed by atoms with Gasteiger partial charge in [0.2, 0.25) is 10.0 Å². The number of morpholine rings is 1. The summed E-state index contributed by atoms with van der Waals surface area (Å²) in [5.74, 6) is 0. The Morgan fingerprint density at radius 2 is 2.10 bits per heavy atom. The predicted molar refractivity (Wildman–Crippen MR) is 69.0 cm³/mol. The summed E-state index contributed by atoms with van der Waals surface area (Å²) in [6.45, 7) is 0.443. The van der Waals surface area contributed by atoms with Gasteiger partial charge in [-0.3, -0.25) is 0 Å². The molecular formula is C12H15F3N2O3S. The summed E-state index contributed by atoms with van der Waals surface area (Å²) in [6.07, 6.45) is -5.03. The van der Waals surface area contributed by atoms with E-state index in [4.69, 9.17) is 10.5 Å². The average molecular weight is 324 g/mol. The van der Waals surface area contributed by atoms with Crippen LogP contribution in [0.3, 0.4) is 0 Å². The lowest BCUT2D eigenvalue weighted by Gasteiger charge is -2.31. The molecule has 1 aromatic carbocycles. The van der Waals surface area contributed by atoms with E-state index in [1.807, 2.05) is 0 Å². The molecule has 0 radical (unpaired) electrons. The van der Waals surface area contributed by atoms with Crippen LogP contribution in [0.2, 0.25) is 0 Å². The summed E-state index contributed by atoms with van der Waals surface area (Å²) in [5.41, 5.74) is 4.44. The van der Waals surface area contributed by atoms with Gasteiger partial charge in [0.1, 0.15) is 0 Å². The molecule has 1 heterocycles. The van der Waals surface area contributed by atoms with Gasteiger partial charge in [0.25, 0.3) is 0 Å². The highest BCUT2D eigenvalue weighted by Crippen LogP contribution is 2.31. The Kier molecular flexibility index (Phi) is 4.57. The lowest BCUT2D eigenvalue weighted by atomic mass is 10.2. The van der Waals surface area contributed by atoms with Crippen molar-refractivity contribution in [2.45, 2.75) is 17.2 Å². The molecule has 9 heteroatoms. The van der Waals surface area contributed by atoms with Crippen LogP contribution in [0.1, 0.15) is 5.56 Å². The molecule has 21 heavy (non-hydrogen) atoms. The Labute approximate surface area is 120 Å². The Hall–Kier alpha value is -1.16. The molecule has 118 valence electrons. The van der Waals surface area contributed by atoms with Gasteiger partial charge in [0.15, 0.2) is 0 Å². The van der Waals surface area contributed by atoms with Crippen molar-refractivity contribution in [3.8, 4) is 0 Å². The average Bonchev–Trinajstić information content (AvgIpc) is 2.46. The van der Waals surface area contributed by atoms with Crippen LogP contribution < -0.4 is 5.73 Å². The fourth-order valence-electron chi connectivity index (χ4n) is 2.04. The molecule has 1 atom stereocenters. The minimum Gasteiger partial charge on any atom is -0.374 e. The van der Waals surface area contributed by atoms with Gasteiger partial charge in [-0.2, -0.15) is 17.5 Å². The van der Waals surface area contributed by atoms with Crippen molar-refractivity contribution < 1.29 is 26.3 Å². The molecule has 1 aliphatic heterocycles. The molecule has 1 unspecified atom stereocenters. The number of nitrogens with zero attached hydrogens (tertiary/aromatic N) is 1. The predicted octanol–water partition coefficient (Wildman–Crippen LogP) is 1.05. The van der Waals surface area contributed by atoms with Crippen molar-refractivity contribution in [3.05, 3.63) is 29.8 Å². The molecule has 2 N–H and O–H groups in total. The van der Waals surface area contributed by atoms with E-state index in [-0.39, 0.29) is 31.1 Å². The first-order chi connectivity index (χ1) is 9.75. The quantitative estimate of drug-likeness (QED) is 0.902. The standard InChI is InChI=1S/C12H15F3N2O3S/c13-12(14,15)9-2-1-3-11(6-9)21(18,19)17-4-5-20-10(7-16)8-17/h1-3,6,10H,4-5,7-8,16H2. The normalized spacial score (nSPS) is 21.4. The minimum atomic E-state index is -4.59. The molecular weight excluding hydrogens is 309 g/mol. The van der Waals surface area contributed by atoms with Gasteiger partial charge >= 0.3 is 6.18 Å². The molecule has 5 nitrogen and oxygen atoms in total. The molecule has 2 rings (SSSR count). The second-order valence-electron chi connectivity index (χ2n) is 4.62. The number of benzene rings is 1. The number of hydrogen-bond donors (Lipinski definition) is 1. The monoisotopic (exact) mass is 324 g/mol. The molecule has 0 spiro atoms. The van der Waals surface area contributed by atoms with Gasteiger partial charge in [-0.1, -0.05) is 6.07 Å². The second kappa shape index (κ2) is 5.91. The topological polar surface area (TPSA) is 72.6 Å². The molecule has 1 saturated heterocycles. The lowest BCUT2D eigenvalue weighted by Crippen LogP contribution is -2.48. The molecule has 1 fully saturated rings. The first-order valence-electron chi connectivity index (χ1n) is 6.24. The van der Waals surface area contributed by atoms with Gasteiger partial charge in [0, 0.05) is 19.6 Å². The molecule has 0 saturated carbocycles. The maximum Gasteiger partial charge on any atom is 0.416 e. The van der Waals surface area contributed by atoms with E-state index in [9.17, 15) is 21.6 Å². The first-order valence-corrected chi connectivity index (χ1v) is 7.68. The third-order valence-electron chi connectivity index (χ3n) is 3.16. The maximum atomic E-state index is 12.7. The van der Waals surface area contributed by atoms with Gasteiger partial charge in [0.05, 0.1) is 23.2 Å². The lowest BCUT2D eigenvalue weighted by molar-refractivity contribution is -0.137. The SMILES string of the molecule is NCC1CN(S(=O)(=O)c2cccc(C(F)(F)F)c2)CCO1. The van der Waals surface area contributed by atoms with Crippen molar-refractivity contribution in [2.75, 3.05) is 26.2 Å². The van der Waals surface area contributed by atoms with E-state index in [1.54, 1.807) is 0 Å².